The van der Waals surface area contributed by atoms with Gasteiger partial charge in [-0.25, -0.2) is 0 Å². The Bertz CT molecular complexity index is 1120. The van der Waals surface area contributed by atoms with Crippen LogP contribution in [0.5, 0.6) is 11.5 Å². The summed E-state index contributed by atoms with van der Waals surface area (Å²) in [4.78, 5) is 41.3. The minimum absolute atomic E-state index is 0.126. The summed E-state index contributed by atoms with van der Waals surface area (Å²) in [5.74, 6) is -0.792. The first-order valence-electron chi connectivity index (χ1n) is 8.28. The maximum Gasteiger partial charge on any atom is 0.308 e. The van der Waals surface area contributed by atoms with Gasteiger partial charge in [0, 0.05) is 30.1 Å². The number of H-pyrrole nitrogens is 1. The topological polar surface area (TPSA) is 88.7 Å². The van der Waals surface area contributed by atoms with Gasteiger partial charge in [0.2, 0.25) is 0 Å². The van der Waals surface area contributed by atoms with Crippen molar-refractivity contribution in [2.45, 2.75) is 6.92 Å². The Labute approximate surface area is 165 Å². The molecule has 0 aliphatic heterocycles. The third-order valence-electron chi connectivity index (χ3n) is 4.15. The van der Waals surface area contributed by atoms with E-state index in [0.717, 1.165) is 0 Å². The summed E-state index contributed by atoms with van der Waals surface area (Å²) in [5, 5.41) is 0.726. The van der Waals surface area contributed by atoms with Gasteiger partial charge in [-0.2, -0.15) is 0 Å². The van der Waals surface area contributed by atoms with E-state index in [9.17, 15) is 14.4 Å². The van der Waals surface area contributed by atoms with Crippen LogP contribution in [0, 0.1) is 0 Å². The van der Waals surface area contributed by atoms with E-state index in [4.69, 9.17) is 21.1 Å². The molecule has 0 saturated carbocycles. The van der Waals surface area contributed by atoms with Crippen LogP contribution in [0.1, 0.15) is 17.3 Å². The van der Waals surface area contributed by atoms with Crippen molar-refractivity contribution in [2.24, 2.45) is 0 Å². The van der Waals surface area contributed by atoms with Crippen molar-refractivity contribution in [1.82, 2.24) is 4.98 Å². The van der Waals surface area contributed by atoms with Crippen LogP contribution in [-0.2, 0) is 4.79 Å². The van der Waals surface area contributed by atoms with Crippen molar-refractivity contribution in [3.8, 4) is 11.5 Å². The van der Waals surface area contributed by atoms with Gasteiger partial charge in [0.05, 0.1) is 12.6 Å². The highest BCUT2D eigenvalue weighted by Crippen LogP contribution is 2.30. The van der Waals surface area contributed by atoms with Crippen LogP contribution in [0.4, 0.5) is 5.69 Å². The minimum atomic E-state index is -0.670. The van der Waals surface area contributed by atoms with Crippen LogP contribution in [-0.4, -0.2) is 31.0 Å². The molecule has 0 fully saturated rings. The van der Waals surface area contributed by atoms with Crippen LogP contribution in [0.25, 0.3) is 10.9 Å². The highest BCUT2D eigenvalue weighted by Gasteiger charge is 2.25. The maximum absolute atomic E-state index is 13.1. The second-order valence-corrected chi connectivity index (χ2v) is 6.44. The molecule has 0 saturated heterocycles. The van der Waals surface area contributed by atoms with E-state index in [-0.39, 0.29) is 11.3 Å². The first kappa shape index (κ1) is 19.4. The highest BCUT2D eigenvalue weighted by atomic mass is 35.5. The Morgan fingerprint density at radius 3 is 2.39 bits per heavy atom. The van der Waals surface area contributed by atoms with E-state index in [1.165, 1.54) is 32.0 Å². The quantitative estimate of drug-likeness (QED) is 0.678. The molecule has 0 atom stereocenters. The van der Waals surface area contributed by atoms with Gasteiger partial charge < -0.3 is 19.4 Å². The minimum Gasteiger partial charge on any atom is -0.497 e. The van der Waals surface area contributed by atoms with Gasteiger partial charge in [0.25, 0.3) is 11.5 Å². The summed E-state index contributed by atoms with van der Waals surface area (Å²) in [5.41, 5.74) is -0.0285. The third kappa shape index (κ3) is 3.70. The normalized spacial score (nSPS) is 10.6. The number of esters is 1. The second kappa shape index (κ2) is 7.74. The molecular weight excluding hydrogens is 384 g/mol. The van der Waals surface area contributed by atoms with Crippen LogP contribution in [0.2, 0.25) is 5.02 Å². The lowest BCUT2D eigenvalue weighted by atomic mass is 10.1. The van der Waals surface area contributed by atoms with Crippen molar-refractivity contribution in [1.29, 1.82) is 0 Å². The highest BCUT2D eigenvalue weighted by molar-refractivity contribution is 6.31. The molecule has 7 nitrogen and oxygen atoms in total. The van der Waals surface area contributed by atoms with E-state index in [0.29, 0.717) is 27.4 Å². The number of amides is 1. The number of hydrogen-bond acceptors (Lipinski definition) is 5. The summed E-state index contributed by atoms with van der Waals surface area (Å²) in [7, 11) is 3.05. The lowest BCUT2D eigenvalue weighted by Gasteiger charge is -2.19. The molecule has 3 aromatic rings. The van der Waals surface area contributed by atoms with Gasteiger partial charge in [-0.15, -0.1) is 0 Å². The number of hydrogen-bond donors (Lipinski definition) is 1. The molecule has 0 unspecified atom stereocenters. The average molecular weight is 401 g/mol. The smallest absolute Gasteiger partial charge is 0.308 e. The number of pyridine rings is 1. The Balaban J connectivity index is 2.16. The lowest BCUT2D eigenvalue weighted by molar-refractivity contribution is -0.131. The van der Waals surface area contributed by atoms with Crippen molar-refractivity contribution in [3.05, 3.63) is 63.4 Å². The Kier molecular flexibility index (Phi) is 5.37. The number of methoxy groups -OCH3 is 1. The molecule has 1 aromatic heterocycles. The molecule has 28 heavy (non-hydrogen) atoms. The number of aromatic amines is 1. The fourth-order valence-corrected chi connectivity index (χ4v) is 2.94. The Hall–Kier alpha value is -3.32. The van der Waals surface area contributed by atoms with Crippen molar-refractivity contribution in [2.75, 3.05) is 19.1 Å². The maximum atomic E-state index is 13.1. The molecule has 1 heterocycles. The zero-order valence-corrected chi connectivity index (χ0v) is 16.2. The predicted octanol–water partition coefficient (Wildman–Crippen LogP) is 3.39. The number of anilines is 1. The number of halogens is 1. The summed E-state index contributed by atoms with van der Waals surface area (Å²) in [6, 6.07) is 11.4. The van der Waals surface area contributed by atoms with Gasteiger partial charge in [0.15, 0.2) is 5.75 Å². The van der Waals surface area contributed by atoms with E-state index in [1.54, 1.807) is 36.4 Å². The first-order valence-corrected chi connectivity index (χ1v) is 8.65. The van der Waals surface area contributed by atoms with Crippen LogP contribution in [0.15, 0.2) is 47.3 Å². The number of benzene rings is 2. The molecule has 0 bridgehead atoms. The first-order chi connectivity index (χ1) is 13.3. The van der Waals surface area contributed by atoms with Crippen LogP contribution >= 0.6 is 11.6 Å². The van der Waals surface area contributed by atoms with Gasteiger partial charge in [-0.3, -0.25) is 14.4 Å². The number of carbonyl (C=O) groups is 2. The van der Waals surface area contributed by atoms with Crippen LogP contribution < -0.4 is 19.9 Å². The number of fused-ring (bicyclic) bond motifs is 1. The van der Waals surface area contributed by atoms with Crippen molar-refractivity contribution >= 4 is 40.1 Å². The summed E-state index contributed by atoms with van der Waals surface area (Å²) >= 11 is 6.05. The SMILES string of the molecule is COc1ccc(N(C)C(=O)c2c(OC(C)=O)c3cc(Cl)ccc3[nH]c2=O)cc1. The van der Waals surface area contributed by atoms with Gasteiger partial charge >= 0.3 is 5.97 Å². The monoisotopic (exact) mass is 400 g/mol. The molecule has 3 rings (SSSR count). The third-order valence-corrected chi connectivity index (χ3v) is 4.39. The zero-order chi connectivity index (χ0) is 20.4. The van der Waals surface area contributed by atoms with Crippen molar-refractivity contribution in [3.63, 3.8) is 0 Å². The molecule has 2 aromatic carbocycles. The molecule has 8 heteroatoms. The fourth-order valence-electron chi connectivity index (χ4n) is 2.77. The second-order valence-electron chi connectivity index (χ2n) is 6.00. The summed E-state index contributed by atoms with van der Waals surface area (Å²) in [6.45, 7) is 1.19. The molecule has 0 radical (unpaired) electrons. The van der Waals surface area contributed by atoms with E-state index >= 15 is 0 Å². The van der Waals surface area contributed by atoms with Gasteiger partial charge in [0.1, 0.15) is 11.3 Å². The predicted molar refractivity (Wildman–Crippen MR) is 107 cm³/mol. The number of nitrogens with one attached hydrogen (secondary N) is 1. The van der Waals surface area contributed by atoms with Gasteiger partial charge in [-0.1, -0.05) is 11.6 Å². The van der Waals surface area contributed by atoms with E-state index < -0.39 is 17.4 Å². The van der Waals surface area contributed by atoms with E-state index in [2.05, 4.69) is 4.98 Å². The molecular formula is C20H17ClN2O5. The zero-order valence-electron chi connectivity index (χ0n) is 15.4. The van der Waals surface area contributed by atoms with Gasteiger partial charge in [-0.05, 0) is 42.5 Å². The average Bonchev–Trinajstić information content (AvgIpc) is 2.67. The molecule has 144 valence electrons. The number of nitrogens with zero attached hydrogens (tertiary/aromatic N) is 1. The number of carbonyl (C=O) groups excluding carboxylic acids is 2. The molecule has 0 aliphatic rings. The molecule has 0 aliphatic carbocycles. The number of aromatic nitrogens is 1. The standard InChI is InChI=1S/C20H17ClN2O5/c1-11(24)28-18-15-10-12(21)4-9-16(15)22-19(25)17(18)20(26)23(2)13-5-7-14(27-3)8-6-13/h4-10H,1-3H3,(H,22,25). The number of rotatable bonds is 4. The lowest BCUT2D eigenvalue weighted by Crippen LogP contribution is -2.32. The molecule has 1 amide bonds. The number of ether oxygens (including phenoxy) is 2. The van der Waals surface area contributed by atoms with Crippen molar-refractivity contribution < 1.29 is 19.1 Å². The summed E-state index contributed by atoms with van der Waals surface area (Å²) < 4.78 is 10.4. The largest absolute Gasteiger partial charge is 0.497 e. The molecule has 0 spiro atoms. The Morgan fingerprint density at radius 2 is 1.79 bits per heavy atom. The fraction of sp³-hybridized carbons (Fsp3) is 0.150. The Morgan fingerprint density at radius 1 is 1.11 bits per heavy atom. The van der Waals surface area contributed by atoms with Crippen LogP contribution in [0.3, 0.4) is 0 Å². The summed E-state index contributed by atoms with van der Waals surface area (Å²) in [6.07, 6.45) is 0. The molecule has 1 N–H and O–H groups in total. The van der Waals surface area contributed by atoms with E-state index in [1.807, 2.05) is 0 Å².